The van der Waals surface area contributed by atoms with Crippen molar-refractivity contribution in [2.24, 2.45) is 23.3 Å². The van der Waals surface area contributed by atoms with E-state index in [0.717, 1.165) is 0 Å². The number of hydrogen-bond donors (Lipinski definition) is 9. The zero-order valence-electron chi connectivity index (χ0n) is 26.3. The van der Waals surface area contributed by atoms with Gasteiger partial charge < -0.3 is 47.9 Å². The number of benzene rings is 1. The topological polar surface area (TPSA) is 272 Å². The minimum absolute atomic E-state index is 0.00954. The number of primary amides is 1. The first-order valence-electron chi connectivity index (χ1n) is 14.9. The molecule has 11 N–H and O–H groups in total. The van der Waals surface area contributed by atoms with E-state index in [-0.39, 0.29) is 18.6 Å². The fourth-order valence-electron chi connectivity index (χ4n) is 4.48. The molecule has 0 bridgehead atoms. The Morgan fingerprint density at radius 1 is 0.848 bits per heavy atom. The van der Waals surface area contributed by atoms with E-state index in [4.69, 9.17) is 11.5 Å². The van der Waals surface area contributed by atoms with Crippen LogP contribution in [0.4, 0.5) is 0 Å². The highest BCUT2D eigenvalue weighted by Gasteiger charge is 2.35. The first-order chi connectivity index (χ1) is 21.6. The number of nitrogens with one attached hydrogen (secondary N) is 5. The van der Waals surface area contributed by atoms with Crippen molar-refractivity contribution in [2.75, 3.05) is 0 Å². The summed E-state index contributed by atoms with van der Waals surface area (Å²) in [7, 11) is 0. The van der Waals surface area contributed by atoms with Crippen LogP contribution in [0.5, 0.6) is 5.75 Å². The Hall–Kier alpha value is -4.99. The number of carbonyl (C=O) groups is 6. The highest BCUT2D eigenvalue weighted by atomic mass is 16.4. The molecular weight excluding hydrogens is 600 g/mol. The molecule has 6 atom stereocenters. The summed E-state index contributed by atoms with van der Waals surface area (Å²) in [5.41, 5.74) is 12.0. The molecule has 0 aliphatic rings. The SMILES string of the molecule is CC[C@H](C)[C@H](NC(=O)[C@@H](NC(=O)[C@H](Cc1ccc(O)cc1)NC(=O)[C@@H](N)CC(N)=O)C(C)C)C(=O)N[C@@H](Cc1cnc[nH]1)C(=O)O. The smallest absolute Gasteiger partial charge is 0.326 e. The van der Waals surface area contributed by atoms with Gasteiger partial charge in [0.25, 0.3) is 0 Å². The molecule has 1 aromatic heterocycles. The molecule has 46 heavy (non-hydrogen) atoms. The van der Waals surface area contributed by atoms with E-state index in [1.165, 1.54) is 24.7 Å². The van der Waals surface area contributed by atoms with Crippen molar-refractivity contribution >= 4 is 35.5 Å². The molecule has 16 nitrogen and oxygen atoms in total. The Morgan fingerprint density at radius 2 is 1.43 bits per heavy atom. The van der Waals surface area contributed by atoms with Crippen molar-refractivity contribution in [3.63, 3.8) is 0 Å². The highest BCUT2D eigenvalue weighted by Crippen LogP contribution is 2.14. The predicted molar refractivity (Wildman–Crippen MR) is 166 cm³/mol. The van der Waals surface area contributed by atoms with Gasteiger partial charge in [-0.3, -0.25) is 24.0 Å². The predicted octanol–water partition coefficient (Wildman–Crippen LogP) is -1.17. The summed E-state index contributed by atoms with van der Waals surface area (Å²) < 4.78 is 0. The number of phenolic OH excluding ortho intramolecular Hbond substituents is 1. The maximum atomic E-state index is 13.6. The number of rotatable bonds is 18. The summed E-state index contributed by atoms with van der Waals surface area (Å²) in [5.74, 6) is -5.99. The van der Waals surface area contributed by atoms with Gasteiger partial charge in [-0.25, -0.2) is 9.78 Å². The van der Waals surface area contributed by atoms with Gasteiger partial charge in [0.1, 0.15) is 29.9 Å². The van der Waals surface area contributed by atoms with Crippen molar-refractivity contribution in [1.82, 2.24) is 31.2 Å². The third-order valence-electron chi connectivity index (χ3n) is 7.40. The lowest BCUT2D eigenvalue weighted by Gasteiger charge is -2.30. The van der Waals surface area contributed by atoms with Crippen LogP contribution in [0.25, 0.3) is 0 Å². The number of amides is 5. The van der Waals surface area contributed by atoms with Gasteiger partial charge in [0.15, 0.2) is 0 Å². The van der Waals surface area contributed by atoms with Crippen LogP contribution in [0, 0.1) is 11.8 Å². The van der Waals surface area contributed by atoms with E-state index in [9.17, 15) is 39.0 Å². The van der Waals surface area contributed by atoms with E-state index in [2.05, 4.69) is 31.2 Å². The van der Waals surface area contributed by atoms with Gasteiger partial charge in [-0.1, -0.05) is 46.2 Å². The molecule has 1 aromatic carbocycles. The number of aromatic hydroxyl groups is 1. The van der Waals surface area contributed by atoms with Gasteiger partial charge in [-0.05, 0) is 29.5 Å². The molecule has 0 radical (unpaired) electrons. The molecule has 252 valence electrons. The fraction of sp³-hybridized carbons (Fsp3) is 0.500. The largest absolute Gasteiger partial charge is 0.508 e. The van der Waals surface area contributed by atoms with Crippen molar-refractivity contribution in [3.05, 3.63) is 48.0 Å². The average Bonchev–Trinajstić information content (AvgIpc) is 3.50. The quantitative estimate of drug-likeness (QED) is 0.0938. The molecule has 0 saturated heterocycles. The zero-order chi connectivity index (χ0) is 34.6. The second-order valence-corrected chi connectivity index (χ2v) is 11.5. The number of imidazole rings is 1. The Bertz CT molecular complexity index is 1350. The van der Waals surface area contributed by atoms with Crippen LogP contribution in [-0.2, 0) is 41.6 Å². The number of aromatic amines is 1. The van der Waals surface area contributed by atoms with Crippen LogP contribution in [0.2, 0.25) is 0 Å². The third-order valence-corrected chi connectivity index (χ3v) is 7.40. The number of nitrogens with zero attached hydrogens (tertiary/aromatic N) is 1. The Balaban J connectivity index is 2.26. The molecule has 0 spiro atoms. The van der Waals surface area contributed by atoms with Crippen LogP contribution in [0.15, 0.2) is 36.8 Å². The van der Waals surface area contributed by atoms with Crippen LogP contribution in [0.1, 0.15) is 51.8 Å². The van der Waals surface area contributed by atoms with Crippen molar-refractivity contribution in [3.8, 4) is 5.75 Å². The summed E-state index contributed by atoms with van der Waals surface area (Å²) >= 11 is 0. The number of aromatic nitrogens is 2. The Morgan fingerprint density at radius 3 is 1.96 bits per heavy atom. The average molecular weight is 645 g/mol. The zero-order valence-corrected chi connectivity index (χ0v) is 26.3. The van der Waals surface area contributed by atoms with Crippen LogP contribution in [-0.4, -0.2) is 85.9 Å². The van der Waals surface area contributed by atoms with Crippen LogP contribution >= 0.6 is 0 Å². The van der Waals surface area contributed by atoms with Gasteiger partial charge in [-0.2, -0.15) is 0 Å². The normalized spacial score (nSPS) is 15.0. The highest BCUT2D eigenvalue weighted by molar-refractivity contribution is 5.96. The number of carboxylic acids is 1. The fourth-order valence-corrected chi connectivity index (χ4v) is 4.48. The van der Waals surface area contributed by atoms with Gasteiger partial charge >= 0.3 is 5.97 Å². The lowest BCUT2D eigenvalue weighted by Crippen LogP contribution is -2.61. The van der Waals surface area contributed by atoms with Gasteiger partial charge in [0.05, 0.1) is 18.8 Å². The van der Waals surface area contributed by atoms with Crippen LogP contribution < -0.4 is 32.7 Å². The maximum Gasteiger partial charge on any atom is 0.326 e. The third kappa shape index (κ3) is 11.5. The maximum absolute atomic E-state index is 13.6. The van der Waals surface area contributed by atoms with E-state index < -0.39 is 84.0 Å². The molecule has 0 saturated carbocycles. The van der Waals surface area contributed by atoms with Crippen molar-refractivity contribution in [1.29, 1.82) is 0 Å². The van der Waals surface area contributed by atoms with E-state index in [0.29, 0.717) is 17.7 Å². The number of carbonyl (C=O) groups excluding carboxylic acids is 5. The Labute approximate surface area is 266 Å². The van der Waals surface area contributed by atoms with Gasteiger partial charge in [0, 0.05) is 24.7 Å². The molecule has 0 aliphatic heterocycles. The monoisotopic (exact) mass is 644 g/mol. The first-order valence-corrected chi connectivity index (χ1v) is 14.9. The van der Waals surface area contributed by atoms with E-state index >= 15 is 0 Å². The van der Waals surface area contributed by atoms with Gasteiger partial charge in [0.2, 0.25) is 29.5 Å². The Kier molecular flexibility index (Phi) is 14.1. The summed E-state index contributed by atoms with van der Waals surface area (Å²) in [4.78, 5) is 83.0. The van der Waals surface area contributed by atoms with Crippen molar-refractivity contribution < 1.29 is 39.0 Å². The minimum Gasteiger partial charge on any atom is -0.508 e. The standard InChI is InChI=1S/C30H44N8O8/c1-5-16(4)25(29(44)36-22(30(45)46)11-18-13-33-14-34-18)38-28(43)24(15(2)3)37-27(42)21(10-17-6-8-19(39)9-7-17)35-26(41)20(31)12-23(32)40/h6-9,13-16,20-22,24-25,39H,5,10-12,31H2,1-4H3,(H2,32,40)(H,33,34)(H,35,41)(H,36,44)(H,37,42)(H,38,43)(H,45,46)/t16-,20-,21-,22-,24-,25-/m0/s1. The summed E-state index contributed by atoms with van der Waals surface area (Å²) in [6.07, 6.45) is 2.70. The number of carboxylic acid groups (broad SMARTS) is 1. The second-order valence-electron chi connectivity index (χ2n) is 11.5. The summed E-state index contributed by atoms with van der Waals surface area (Å²) in [6.45, 7) is 6.86. The molecule has 0 aliphatic carbocycles. The number of aliphatic carboxylic acids is 1. The molecule has 2 rings (SSSR count). The lowest BCUT2D eigenvalue weighted by molar-refractivity contribution is -0.142. The number of phenols is 1. The number of hydrogen-bond acceptors (Lipinski definition) is 9. The summed E-state index contributed by atoms with van der Waals surface area (Å²) in [6, 6.07) is -0.301. The molecular formula is C30H44N8O8. The molecule has 0 unspecified atom stereocenters. The number of H-pyrrole nitrogens is 1. The van der Waals surface area contributed by atoms with Gasteiger partial charge in [-0.15, -0.1) is 0 Å². The second kappa shape index (κ2) is 17.5. The lowest BCUT2D eigenvalue weighted by atomic mass is 9.95. The molecule has 5 amide bonds. The molecule has 1 heterocycles. The summed E-state index contributed by atoms with van der Waals surface area (Å²) in [5, 5.41) is 29.6. The van der Waals surface area contributed by atoms with Crippen LogP contribution in [0.3, 0.4) is 0 Å². The molecule has 2 aromatic rings. The van der Waals surface area contributed by atoms with Crippen molar-refractivity contribution in [2.45, 2.75) is 83.6 Å². The molecule has 0 fully saturated rings. The minimum atomic E-state index is -1.32. The molecule has 16 heteroatoms. The number of nitrogens with two attached hydrogens (primary N) is 2. The van der Waals surface area contributed by atoms with E-state index in [1.54, 1.807) is 39.8 Å². The first kappa shape index (κ1) is 37.2. The van der Waals surface area contributed by atoms with E-state index in [1.807, 2.05) is 0 Å².